The molecule has 0 aliphatic carbocycles. The Morgan fingerprint density at radius 1 is 0.938 bits per heavy atom. The van der Waals surface area contributed by atoms with Gasteiger partial charge in [0.25, 0.3) is 0 Å². The smallest absolute Gasteiger partial charge is 0.164 e. The van der Waals surface area contributed by atoms with Gasteiger partial charge in [-0.1, -0.05) is 85.6 Å². The summed E-state index contributed by atoms with van der Waals surface area (Å²) in [4.78, 5) is 19.1. The van der Waals surface area contributed by atoms with Gasteiger partial charge in [0.2, 0.25) is 0 Å². The normalized spacial score (nSPS) is 12.5. The van der Waals surface area contributed by atoms with Crippen LogP contribution in [0.1, 0.15) is 98.4 Å². The summed E-state index contributed by atoms with van der Waals surface area (Å²) in [5.74, 6) is 0.286. The number of pyridine rings is 1. The van der Waals surface area contributed by atoms with E-state index in [4.69, 9.17) is 17.6 Å². The maximum Gasteiger partial charge on any atom is 0.164 e. The van der Waals surface area contributed by atoms with E-state index in [-0.39, 0.29) is 47.9 Å². The number of benzene rings is 2. The number of aromatic nitrogens is 1. The molecule has 0 spiro atoms. The van der Waals surface area contributed by atoms with Crippen molar-refractivity contribution >= 4 is 61.3 Å². The number of ketones is 1. The number of aliphatic hydroxyl groups is 1. The van der Waals surface area contributed by atoms with Gasteiger partial charge in [0.15, 0.2) is 5.78 Å². The van der Waals surface area contributed by atoms with E-state index in [0.717, 1.165) is 52.8 Å². The molecule has 0 aliphatic heterocycles. The molecule has 259 valence electrons. The Labute approximate surface area is 315 Å². The van der Waals surface area contributed by atoms with Gasteiger partial charge >= 0.3 is 0 Å². The number of hydrogen-bond acceptors (Lipinski definition) is 6. The first-order valence-corrected chi connectivity index (χ1v) is 18.8. The number of aliphatic hydroxyl groups excluding tert-OH is 1. The molecule has 0 unspecified atom stereocenters. The molecule has 48 heavy (non-hydrogen) atoms. The second-order valence-corrected chi connectivity index (χ2v) is 16.8. The number of carbonyl (C=O) groups is 1. The van der Waals surface area contributed by atoms with Gasteiger partial charge in [-0.05, 0) is 82.8 Å². The number of rotatable bonds is 9. The van der Waals surface area contributed by atoms with Gasteiger partial charge in [-0.3, -0.25) is 9.78 Å². The number of thiol groups is 1. The second-order valence-electron chi connectivity index (χ2n) is 14.1. The maximum absolute atomic E-state index is 12.2. The molecule has 5 rings (SSSR count). The van der Waals surface area contributed by atoms with Crippen LogP contribution in [0.4, 0.5) is 0 Å². The molecule has 0 aliphatic rings. The van der Waals surface area contributed by atoms with Crippen LogP contribution >= 0.6 is 35.3 Å². The van der Waals surface area contributed by atoms with Crippen molar-refractivity contribution in [1.82, 2.24) is 4.98 Å². The Morgan fingerprint density at radius 2 is 1.58 bits per heavy atom. The van der Waals surface area contributed by atoms with Crippen molar-refractivity contribution in [3.8, 4) is 22.4 Å². The molecule has 3 nitrogen and oxygen atoms in total. The van der Waals surface area contributed by atoms with E-state index in [2.05, 4.69) is 81.6 Å². The van der Waals surface area contributed by atoms with Crippen molar-refractivity contribution in [3.63, 3.8) is 0 Å². The van der Waals surface area contributed by atoms with Crippen LogP contribution in [0, 0.1) is 23.8 Å². The van der Waals surface area contributed by atoms with Crippen LogP contribution in [0.3, 0.4) is 0 Å². The number of fused-ring (bicyclic) bond motifs is 2. The Hall–Kier alpha value is -2.28. The monoisotopic (exact) mass is 877 g/mol. The summed E-state index contributed by atoms with van der Waals surface area (Å²) in [7, 11) is 0. The van der Waals surface area contributed by atoms with Crippen molar-refractivity contribution in [2.45, 2.75) is 105 Å². The molecule has 3 aromatic heterocycles. The Bertz CT molecular complexity index is 1900. The van der Waals surface area contributed by atoms with E-state index in [9.17, 15) is 9.90 Å². The van der Waals surface area contributed by atoms with Crippen molar-refractivity contribution in [2.24, 2.45) is 10.8 Å². The average molecular weight is 877 g/mol. The van der Waals surface area contributed by atoms with E-state index >= 15 is 0 Å². The molecule has 0 atom stereocenters. The van der Waals surface area contributed by atoms with Crippen LogP contribution < -0.4 is 0 Å². The topological polar surface area (TPSA) is 50.2 Å². The summed E-state index contributed by atoms with van der Waals surface area (Å²) in [5, 5.41) is 14.7. The largest absolute Gasteiger partial charge is 0.512 e. The van der Waals surface area contributed by atoms with Crippen LogP contribution in [-0.4, -0.2) is 15.9 Å². The minimum atomic E-state index is -0.337. The third-order valence-electron chi connectivity index (χ3n) is 10.0. The molecule has 5 aromatic rings. The molecule has 2 aromatic carbocycles. The van der Waals surface area contributed by atoms with Gasteiger partial charge < -0.3 is 5.11 Å². The fourth-order valence-electron chi connectivity index (χ4n) is 5.59. The predicted molar refractivity (Wildman–Crippen MR) is 208 cm³/mol. The maximum atomic E-state index is 12.2. The summed E-state index contributed by atoms with van der Waals surface area (Å²) in [5.41, 5.74) is 4.94. The molecular weight excluding hydrogens is 827 g/mol. The standard InChI is InChI=1S/C26H22NS3.C15H28O2.Ir/c1-15-11-17-6-5-16(14-22(17)30-15)20-7-9-27-23(24(20)28)19-12-18-8-10-29-25(18)21(13-19)26(2,3)4;1-7-14(5,8-2)12(16)11-13(17)15(6,9-3)10-4;/h5-11,13-14,28H,1-4H3;11,16H,7-10H2,1-6H3;/q-1;;/b;12-11-;. The Balaban J connectivity index is 0.000000301. The fourth-order valence-corrected chi connectivity index (χ4v) is 8.01. The molecule has 0 fully saturated rings. The molecule has 1 radical (unpaired) electrons. The zero-order valence-corrected chi connectivity index (χ0v) is 34.9. The first-order valence-electron chi connectivity index (χ1n) is 16.7. The molecule has 1 N–H and O–H groups in total. The summed E-state index contributed by atoms with van der Waals surface area (Å²) < 4.78 is 2.61. The molecule has 0 amide bonds. The predicted octanol–water partition coefficient (Wildman–Crippen LogP) is 13.2. The number of aryl methyl sites for hydroxylation is 1. The van der Waals surface area contributed by atoms with E-state index in [1.54, 1.807) is 11.3 Å². The minimum absolute atomic E-state index is 0. The van der Waals surface area contributed by atoms with E-state index in [1.165, 1.54) is 36.9 Å². The zero-order chi connectivity index (χ0) is 34.7. The van der Waals surface area contributed by atoms with Crippen molar-refractivity contribution < 1.29 is 30.0 Å². The Morgan fingerprint density at radius 3 is 2.19 bits per heavy atom. The molecule has 7 heteroatoms. The number of hydrogen-bond donors (Lipinski definition) is 2. The molecular formula is C41H50IrNO2S3-. The van der Waals surface area contributed by atoms with Crippen LogP contribution in [0.25, 0.3) is 42.6 Å². The zero-order valence-electron chi connectivity index (χ0n) is 30.0. The number of nitrogens with zero attached hydrogens (tertiary/aromatic N) is 1. The molecule has 3 heterocycles. The first-order chi connectivity index (χ1) is 22.1. The van der Waals surface area contributed by atoms with Gasteiger partial charge in [0.05, 0.1) is 0 Å². The van der Waals surface area contributed by atoms with Crippen LogP contribution in [0.5, 0.6) is 0 Å². The van der Waals surface area contributed by atoms with Crippen LogP contribution in [-0.2, 0) is 30.3 Å². The van der Waals surface area contributed by atoms with Gasteiger partial charge in [-0.2, -0.15) is 11.3 Å². The van der Waals surface area contributed by atoms with Crippen molar-refractivity contribution in [2.75, 3.05) is 0 Å². The number of allylic oxidation sites excluding steroid dienone is 2. The molecule has 0 saturated heterocycles. The van der Waals surface area contributed by atoms with Gasteiger partial charge in [0.1, 0.15) is 5.76 Å². The van der Waals surface area contributed by atoms with Crippen molar-refractivity contribution in [1.29, 1.82) is 0 Å². The quantitative estimate of drug-likeness (QED) is 0.0671. The second kappa shape index (κ2) is 16.2. The Kier molecular flexibility index (Phi) is 13.5. The number of thiophene rings is 2. The van der Waals surface area contributed by atoms with Crippen molar-refractivity contribution in [3.05, 3.63) is 82.4 Å². The SMILES string of the molecule is CCC(C)(CC)C(=O)/C=C(\O)C(C)(CC)CC.Cc1cc2ccc(-c3ccnc(-c4[c-]c5ccsc5c(C(C)(C)C)c4)c3S)cc2s1.[Ir]. The minimum Gasteiger partial charge on any atom is -0.512 e. The molecule has 0 saturated carbocycles. The number of carbonyl (C=O) groups excluding carboxylic acids is 1. The van der Waals surface area contributed by atoms with E-state index in [1.807, 2.05) is 59.1 Å². The van der Waals surface area contributed by atoms with Crippen LogP contribution in [0.15, 0.2) is 70.8 Å². The van der Waals surface area contributed by atoms with Gasteiger partial charge in [-0.25, -0.2) is 0 Å². The molecule has 0 bridgehead atoms. The summed E-state index contributed by atoms with van der Waals surface area (Å²) in [6.45, 7) is 21.0. The van der Waals surface area contributed by atoms with E-state index < -0.39 is 0 Å². The third kappa shape index (κ3) is 8.53. The fraction of sp³-hybridized carbons (Fsp3) is 0.415. The van der Waals surface area contributed by atoms with E-state index in [0.29, 0.717) is 0 Å². The summed E-state index contributed by atoms with van der Waals surface area (Å²) >= 11 is 8.55. The average Bonchev–Trinajstić information content (AvgIpc) is 3.68. The summed E-state index contributed by atoms with van der Waals surface area (Å²) in [6, 6.07) is 18.9. The third-order valence-corrected chi connectivity index (χ3v) is 12.4. The van der Waals surface area contributed by atoms with Gasteiger partial charge in [-0.15, -0.1) is 47.6 Å². The summed E-state index contributed by atoms with van der Waals surface area (Å²) in [6.07, 6.45) is 6.64. The van der Waals surface area contributed by atoms with Gasteiger partial charge in [0, 0.05) is 63.4 Å². The first kappa shape index (κ1) is 40.2. The van der Waals surface area contributed by atoms with Crippen LogP contribution in [0.2, 0.25) is 0 Å².